The van der Waals surface area contributed by atoms with E-state index >= 15 is 0 Å². The highest BCUT2D eigenvalue weighted by atomic mass is 127. The fraction of sp³-hybridized carbons (Fsp3) is 0.417. The topological polar surface area (TPSA) is 60.2 Å². The maximum Gasteiger partial charge on any atom is 0.274 e. The van der Waals surface area contributed by atoms with Gasteiger partial charge in [0.25, 0.3) is 5.69 Å². The zero-order valence-electron chi connectivity index (χ0n) is 9.77. The molecule has 0 aliphatic heterocycles. The van der Waals surface area contributed by atoms with Crippen molar-refractivity contribution in [3.63, 3.8) is 0 Å². The van der Waals surface area contributed by atoms with Gasteiger partial charge in [-0.05, 0) is 34.6 Å². The number of halogens is 1. The van der Waals surface area contributed by atoms with Crippen LogP contribution in [0.1, 0.15) is 25.8 Å². The van der Waals surface area contributed by atoms with Crippen molar-refractivity contribution < 1.29 is 9.72 Å². The van der Waals surface area contributed by atoms with Crippen LogP contribution in [0.3, 0.4) is 0 Å². The Kier molecular flexibility index (Phi) is 5.04. The normalized spacial score (nSPS) is 10.6. The second kappa shape index (κ2) is 6.09. The molecule has 92 valence electrons. The van der Waals surface area contributed by atoms with Crippen LogP contribution < -0.4 is 0 Å². The van der Waals surface area contributed by atoms with Gasteiger partial charge in [0.1, 0.15) is 5.78 Å². The lowest BCUT2D eigenvalue weighted by molar-refractivity contribution is -0.385. The molecule has 0 aliphatic carbocycles. The number of nitro groups is 1. The molecule has 0 saturated carbocycles. The third-order valence-electron chi connectivity index (χ3n) is 2.27. The molecule has 0 radical (unpaired) electrons. The number of carbonyl (C=O) groups is 1. The van der Waals surface area contributed by atoms with Gasteiger partial charge < -0.3 is 0 Å². The van der Waals surface area contributed by atoms with E-state index in [0.717, 1.165) is 3.57 Å². The Labute approximate surface area is 114 Å². The van der Waals surface area contributed by atoms with E-state index in [1.165, 1.54) is 6.07 Å². The summed E-state index contributed by atoms with van der Waals surface area (Å²) in [6, 6.07) is 4.95. The van der Waals surface area contributed by atoms with E-state index in [2.05, 4.69) is 0 Å². The maximum absolute atomic E-state index is 11.7. The summed E-state index contributed by atoms with van der Waals surface area (Å²) < 4.78 is 0.800. The van der Waals surface area contributed by atoms with E-state index in [4.69, 9.17) is 0 Å². The van der Waals surface area contributed by atoms with Gasteiger partial charge in [0, 0.05) is 28.0 Å². The van der Waals surface area contributed by atoms with Crippen molar-refractivity contribution in [2.24, 2.45) is 5.92 Å². The minimum Gasteiger partial charge on any atom is -0.299 e. The summed E-state index contributed by atoms with van der Waals surface area (Å²) in [6.45, 7) is 3.92. The lowest BCUT2D eigenvalue weighted by Gasteiger charge is -2.05. The highest BCUT2D eigenvalue weighted by Crippen LogP contribution is 2.22. The van der Waals surface area contributed by atoms with Gasteiger partial charge >= 0.3 is 0 Å². The Morgan fingerprint density at radius 1 is 1.47 bits per heavy atom. The first-order valence-corrected chi connectivity index (χ1v) is 6.42. The summed E-state index contributed by atoms with van der Waals surface area (Å²) in [5, 5.41) is 10.9. The summed E-state index contributed by atoms with van der Waals surface area (Å²) in [5.41, 5.74) is 0.537. The minimum atomic E-state index is -0.430. The third kappa shape index (κ3) is 4.41. The van der Waals surface area contributed by atoms with Gasteiger partial charge in [0.15, 0.2) is 0 Å². The molecule has 0 bridgehead atoms. The van der Waals surface area contributed by atoms with Crippen molar-refractivity contribution in [3.8, 4) is 0 Å². The first kappa shape index (κ1) is 14.1. The van der Waals surface area contributed by atoms with Gasteiger partial charge in [-0.25, -0.2) is 0 Å². The Morgan fingerprint density at radius 2 is 2.12 bits per heavy atom. The van der Waals surface area contributed by atoms with Gasteiger partial charge in [0.05, 0.1) is 4.92 Å². The van der Waals surface area contributed by atoms with Crippen LogP contribution >= 0.6 is 22.6 Å². The number of hydrogen-bond acceptors (Lipinski definition) is 3. The molecule has 1 aromatic carbocycles. The molecule has 1 rings (SSSR count). The van der Waals surface area contributed by atoms with Gasteiger partial charge in [0.2, 0.25) is 0 Å². The standard InChI is InChI=1S/C12H14INO3/c1-8(2)5-11(15)6-9-3-4-10(13)7-12(9)14(16)17/h3-4,7-8H,5-6H2,1-2H3. The average molecular weight is 347 g/mol. The van der Waals surface area contributed by atoms with Crippen molar-refractivity contribution in [3.05, 3.63) is 37.4 Å². The molecule has 4 nitrogen and oxygen atoms in total. The van der Waals surface area contributed by atoms with Crippen LogP contribution in [-0.2, 0) is 11.2 Å². The van der Waals surface area contributed by atoms with Gasteiger partial charge in [-0.2, -0.15) is 0 Å². The molecule has 0 atom stereocenters. The van der Waals surface area contributed by atoms with Crippen LogP contribution in [-0.4, -0.2) is 10.7 Å². The predicted molar refractivity (Wildman–Crippen MR) is 74.0 cm³/mol. The number of nitro benzene ring substituents is 1. The van der Waals surface area contributed by atoms with Gasteiger partial charge in [-0.3, -0.25) is 14.9 Å². The molecular formula is C12H14INO3. The van der Waals surface area contributed by atoms with Crippen molar-refractivity contribution in [2.75, 3.05) is 0 Å². The number of hydrogen-bond donors (Lipinski definition) is 0. The molecule has 0 aromatic heterocycles. The largest absolute Gasteiger partial charge is 0.299 e. The lowest BCUT2D eigenvalue weighted by Crippen LogP contribution is -2.08. The van der Waals surface area contributed by atoms with E-state index < -0.39 is 4.92 Å². The van der Waals surface area contributed by atoms with Crippen LogP contribution in [0.5, 0.6) is 0 Å². The molecule has 17 heavy (non-hydrogen) atoms. The monoisotopic (exact) mass is 347 g/mol. The number of benzene rings is 1. The Balaban J connectivity index is 2.91. The second-order valence-electron chi connectivity index (χ2n) is 4.34. The van der Waals surface area contributed by atoms with Crippen LogP contribution in [0.4, 0.5) is 5.69 Å². The summed E-state index contributed by atoms with van der Waals surface area (Å²) in [4.78, 5) is 22.1. The number of carbonyl (C=O) groups excluding carboxylic acids is 1. The Hall–Kier alpha value is -0.980. The van der Waals surface area contributed by atoms with Crippen molar-refractivity contribution >= 4 is 34.1 Å². The molecule has 0 heterocycles. The average Bonchev–Trinajstić information content (AvgIpc) is 2.19. The zero-order chi connectivity index (χ0) is 13.0. The number of rotatable bonds is 5. The summed E-state index contributed by atoms with van der Waals surface area (Å²) >= 11 is 2.02. The molecule has 1 aromatic rings. The molecular weight excluding hydrogens is 333 g/mol. The third-order valence-corrected chi connectivity index (χ3v) is 2.94. The Morgan fingerprint density at radius 3 is 2.65 bits per heavy atom. The molecule has 0 amide bonds. The van der Waals surface area contributed by atoms with E-state index in [9.17, 15) is 14.9 Å². The van der Waals surface area contributed by atoms with Crippen molar-refractivity contribution in [1.82, 2.24) is 0 Å². The highest BCUT2D eigenvalue weighted by Gasteiger charge is 2.17. The summed E-state index contributed by atoms with van der Waals surface area (Å²) in [6.07, 6.45) is 0.606. The van der Waals surface area contributed by atoms with Crippen molar-refractivity contribution in [1.29, 1.82) is 0 Å². The summed E-state index contributed by atoms with van der Waals surface area (Å²) in [7, 11) is 0. The summed E-state index contributed by atoms with van der Waals surface area (Å²) in [5.74, 6) is 0.328. The van der Waals surface area contributed by atoms with Crippen molar-refractivity contribution in [2.45, 2.75) is 26.7 Å². The molecule has 0 saturated heterocycles. The Bertz CT molecular complexity index is 443. The fourth-order valence-corrected chi connectivity index (χ4v) is 2.07. The van der Waals surface area contributed by atoms with Gasteiger partial charge in [-0.1, -0.05) is 19.9 Å². The molecule has 0 unspecified atom stereocenters. The van der Waals surface area contributed by atoms with Crippen LogP contribution in [0.15, 0.2) is 18.2 Å². The van der Waals surface area contributed by atoms with E-state index in [1.54, 1.807) is 12.1 Å². The molecule has 0 spiro atoms. The number of Topliss-reactive ketones (excluding diaryl/α,β-unsaturated/α-hetero) is 1. The second-order valence-corrected chi connectivity index (χ2v) is 5.59. The van der Waals surface area contributed by atoms with Crippen LogP contribution in [0.2, 0.25) is 0 Å². The first-order valence-electron chi connectivity index (χ1n) is 5.34. The predicted octanol–water partition coefficient (Wildman–Crippen LogP) is 3.36. The molecule has 0 fully saturated rings. The fourth-order valence-electron chi connectivity index (χ4n) is 1.60. The highest BCUT2D eigenvalue weighted by molar-refractivity contribution is 14.1. The quantitative estimate of drug-likeness (QED) is 0.466. The SMILES string of the molecule is CC(C)CC(=O)Cc1ccc(I)cc1[N+](=O)[O-]. The zero-order valence-corrected chi connectivity index (χ0v) is 11.9. The molecule has 5 heteroatoms. The maximum atomic E-state index is 11.7. The smallest absolute Gasteiger partial charge is 0.274 e. The number of ketones is 1. The van der Waals surface area contributed by atoms with E-state index in [-0.39, 0.29) is 23.8 Å². The van der Waals surface area contributed by atoms with Crippen LogP contribution in [0, 0.1) is 19.6 Å². The van der Waals surface area contributed by atoms with E-state index in [0.29, 0.717) is 12.0 Å². The van der Waals surface area contributed by atoms with Crippen LogP contribution in [0.25, 0.3) is 0 Å². The number of nitrogens with zero attached hydrogens (tertiary/aromatic N) is 1. The first-order chi connectivity index (χ1) is 7.90. The lowest BCUT2D eigenvalue weighted by atomic mass is 10.0. The molecule has 0 aliphatic rings. The van der Waals surface area contributed by atoms with Gasteiger partial charge in [-0.15, -0.1) is 0 Å². The minimum absolute atomic E-state index is 0.0361. The molecule has 0 N–H and O–H groups in total. The van der Waals surface area contributed by atoms with E-state index in [1.807, 2.05) is 36.4 Å².